The van der Waals surface area contributed by atoms with E-state index in [9.17, 15) is 17.6 Å². The summed E-state index contributed by atoms with van der Waals surface area (Å²) in [5.74, 6) is -0.254. The summed E-state index contributed by atoms with van der Waals surface area (Å²) < 4.78 is 41.6. The molecule has 7 heteroatoms. The Hall–Kier alpha value is -2.41. The van der Waals surface area contributed by atoms with Crippen molar-refractivity contribution < 1.29 is 22.3 Å². The number of rotatable bonds is 7. The van der Waals surface area contributed by atoms with Crippen LogP contribution < -0.4 is 10.1 Å². The maximum atomic E-state index is 13.0. The monoisotopic (exact) mass is 379 g/mol. The minimum Gasteiger partial charge on any atom is -0.481 e. The van der Waals surface area contributed by atoms with E-state index in [1.807, 2.05) is 6.92 Å². The van der Waals surface area contributed by atoms with E-state index >= 15 is 0 Å². The van der Waals surface area contributed by atoms with Gasteiger partial charge in [-0.25, -0.2) is 12.8 Å². The van der Waals surface area contributed by atoms with Crippen molar-refractivity contribution >= 4 is 15.7 Å². The molecule has 0 aliphatic heterocycles. The van der Waals surface area contributed by atoms with Crippen molar-refractivity contribution in [2.45, 2.75) is 37.3 Å². The molecule has 0 bridgehead atoms. The zero-order valence-corrected chi connectivity index (χ0v) is 15.7. The number of hydrogen-bond donors (Lipinski definition) is 1. The van der Waals surface area contributed by atoms with Crippen LogP contribution in [0.3, 0.4) is 0 Å². The minimum absolute atomic E-state index is 0.228. The van der Waals surface area contributed by atoms with E-state index in [1.54, 1.807) is 19.1 Å². The molecule has 0 heterocycles. The Kier molecular flexibility index (Phi) is 6.37. The van der Waals surface area contributed by atoms with Crippen molar-refractivity contribution in [2.75, 3.05) is 6.26 Å². The van der Waals surface area contributed by atoms with Gasteiger partial charge >= 0.3 is 0 Å². The van der Waals surface area contributed by atoms with Crippen molar-refractivity contribution in [1.82, 2.24) is 5.32 Å². The molecular weight excluding hydrogens is 357 g/mol. The number of carbonyl (C=O) groups is 1. The summed E-state index contributed by atoms with van der Waals surface area (Å²) in [7, 11) is -3.26. The van der Waals surface area contributed by atoms with E-state index < -0.39 is 15.9 Å². The standard InChI is InChI=1S/C19H22FNO4S/c1-4-18(25-16-9-7-15(20)8-10-16)19(22)21-13(2)14-5-11-17(12-6-14)26(3,23)24/h5-13,18H,4H2,1-3H3,(H,21,22)/t13-,18-/m0/s1. The van der Waals surface area contributed by atoms with Crippen LogP contribution in [0.25, 0.3) is 0 Å². The van der Waals surface area contributed by atoms with Gasteiger partial charge in [-0.3, -0.25) is 4.79 Å². The lowest BCUT2D eigenvalue weighted by Crippen LogP contribution is -2.39. The van der Waals surface area contributed by atoms with Gasteiger partial charge < -0.3 is 10.1 Å². The molecule has 0 aromatic heterocycles. The molecule has 2 aromatic rings. The van der Waals surface area contributed by atoms with Gasteiger partial charge in [0.25, 0.3) is 5.91 Å². The van der Waals surface area contributed by atoms with E-state index in [0.29, 0.717) is 12.2 Å². The lowest BCUT2D eigenvalue weighted by molar-refractivity contribution is -0.128. The van der Waals surface area contributed by atoms with E-state index in [2.05, 4.69) is 5.32 Å². The topological polar surface area (TPSA) is 72.5 Å². The summed E-state index contributed by atoms with van der Waals surface area (Å²) in [6, 6.07) is 11.5. The highest BCUT2D eigenvalue weighted by atomic mass is 32.2. The van der Waals surface area contributed by atoms with Crippen LogP contribution in [-0.4, -0.2) is 26.7 Å². The Bertz CT molecular complexity index is 848. The Balaban J connectivity index is 2.03. The van der Waals surface area contributed by atoms with Crippen LogP contribution in [0.1, 0.15) is 31.9 Å². The van der Waals surface area contributed by atoms with E-state index in [-0.39, 0.29) is 22.7 Å². The summed E-state index contributed by atoms with van der Waals surface area (Å²) in [5.41, 5.74) is 0.780. The Morgan fingerprint density at radius 1 is 1.12 bits per heavy atom. The van der Waals surface area contributed by atoms with Crippen LogP contribution in [0.2, 0.25) is 0 Å². The van der Waals surface area contributed by atoms with Crippen molar-refractivity contribution in [3.05, 3.63) is 59.9 Å². The van der Waals surface area contributed by atoms with Crippen LogP contribution in [0.15, 0.2) is 53.4 Å². The van der Waals surface area contributed by atoms with Crippen molar-refractivity contribution in [1.29, 1.82) is 0 Å². The highest BCUT2D eigenvalue weighted by Crippen LogP contribution is 2.18. The molecule has 2 atom stereocenters. The summed E-state index contributed by atoms with van der Waals surface area (Å²) in [6.07, 6.45) is 0.882. The van der Waals surface area contributed by atoms with Gasteiger partial charge in [-0.1, -0.05) is 19.1 Å². The Morgan fingerprint density at radius 3 is 2.19 bits per heavy atom. The van der Waals surface area contributed by atoms with Crippen molar-refractivity contribution in [3.8, 4) is 5.75 Å². The molecule has 2 rings (SSSR count). The molecule has 0 saturated carbocycles. The predicted octanol–water partition coefficient (Wildman–Crippen LogP) is 3.26. The lowest BCUT2D eigenvalue weighted by atomic mass is 10.1. The molecule has 1 amide bonds. The number of carbonyl (C=O) groups excluding carboxylic acids is 1. The molecule has 0 unspecified atom stereocenters. The quantitative estimate of drug-likeness (QED) is 0.801. The number of amides is 1. The van der Waals surface area contributed by atoms with Crippen LogP contribution in [0.4, 0.5) is 4.39 Å². The summed E-state index contributed by atoms with van der Waals surface area (Å²) in [6.45, 7) is 3.62. The number of ether oxygens (including phenoxy) is 1. The third-order valence-corrected chi connectivity index (χ3v) is 5.05. The molecular formula is C19H22FNO4S. The molecule has 0 saturated heterocycles. The first kappa shape index (κ1) is 19.9. The molecule has 0 spiro atoms. The summed E-state index contributed by atoms with van der Waals surface area (Å²) in [4.78, 5) is 12.7. The number of nitrogens with one attached hydrogen (secondary N) is 1. The Labute approximate surface area is 153 Å². The number of benzene rings is 2. The van der Waals surface area contributed by atoms with Gasteiger partial charge in [0, 0.05) is 6.26 Å². The maximum absolute atomic E-state index is 13.0. The molecule has 26 heavy (non-hydrogen) atoms. The molecule has 0 aliphatic carbocycles. The van der Waals surface area contributed by atoms with Gasteiger partial charge in [0.05, 0.1) is 10.9 Å². The molecule has 1 N–H and O–H groups in total. The van der Waals surface area contributed by atoms with Crippen LogP contribution >= 0.6 is 0 Å². The van der Waals surface area contributed by atoms with E-state index in [0.717, 1.165) is 11.8 Å². The normalized spacial score (nSPS) is 13.7. The average molecular weight is 379 g/mol. The lowest BCUT2D eigenvalue weighted by Gasteiger charge is -2.21. The zero-order valence-electron chi connectivity index (χ0n) is 14.9. The summed E-state index contributed by atoms with van der Waals surface area (Å²) in [5, 5.41) is 2.85. The average Bonchev–Trinajstić information content (AvgIpc) is 2.60. The maximum Gasteiger partial charge on any atom is 0.261 e. The van der Waals surface area contributed by atoms with Crippen LogP contribution in [0.5, 0.6) is 5.75 Å². The first-order valence-corrected chi connectivity index (χ1v) is 10.1. The fourth-order valence-corrected chi connectivity index (χ4v) is 3.02. The fraction of sp³-hybridized carbons (Fsp3) is 0.316. The molecule has 5 nitrogen and oxygen atoms in total. The number of sulfone groups is 1. The molecule has 0 fully saturated rings. The molecule has 140 valence electrons. The smallest absolute Gasteiger partial charge is 0.261 e. The minimum atomic E-state index is -3.26. The molecule has 0 radical (unpaired) electrons. The van der Waals surface area contributed by atoms with Gasteiger partial charge in [-0.2, -0.15) is 0 Å². The number of halogens is 1. The van der Waals surface area contributed by atoms with Gasteiger partial charge in [-0.05, 0) is 55.3 Å². The highest BCUT2D eigenvalue weighted by molar-refractivity contribution is 7.90. The second-order valence-electron chi connectivity index (χ2n) is 6.04. The van der Waals surface area contributed by atoms with Gasteiger partial charge in [-0.15, -0.1) is 0 Å². The predicted molar refractivity (Wildman–Crippen MR) is 97.2 cm³/mol. The first-order chi connectivity index (χ1) is 12.2. The van der Waals surface area contributed by atoms with E-state index in [4.69, 9.17) is 4.74 Å². The second kappa shape index (κ2) is 8.31. The largest absolute Gasteiger partial charge is 0.481 e. The first-order valence-electron chi connectivity index (χ1n) is 8.23. The highest BCUT2D eigenvalue weighted by Gasteiger charge is 2.21. The van der Waals surface area contributed by atoms with Crippen LogP contribution in [-0.2, 0) is 14.6 Å². The third-order valence-electron chi connectivity index (χ3n) is 3.92. The van der Waals surface area contributed by atoms with Gasteiger partial charge in [0.1, 0.15) is 11.6 Å². The second-order valence-corrected chi connectivity index (χ2v) is 8.06. The third kappa shape index (κ3) is 5.29. The van der Waals surface area contributed by atoms with Crippen molar-refractivity contribution in [2.24, 2.45) is 0 Å². The van der Waals surface area contributed by atoms with Gasteiger partial charge in [0.2, 0.25) is 0 Å². The fourth-order valence-electron chi connectivity index (χ4n) is 2.39. The summed E-state index contributed by atoms with van der Waals surface area (Å²) >= 11 is 0. The number of hydrogen-bond acceptors (Lipinski definition) is 4. The molecule has 2 aromatic carbocycles. The van der Waals surface area contributed by atoms with Gasteiger partial charge in [0.15, 0.2) is 15.9 Å². The molecule has 0 aliphatic rings. The van der Waals surface area contributed by atoms with Crippen molar-refractivity contribution in [3.63, 3.8) is 0 Å². The van der Waals surface area contributed by atoms with E-state index in [1.165, 1.54) is 36.4 Å². The van der Waals surface area contributed by atoms with Crippen LogP contribution in [0, 0.1) is 5.82 Å². The Morgan fingerprint density at radius 2 is 1.69 bits per heavy atom. The zero-order chi connectivity index (χ0) is 19.3. The SMILES string of the molecule is CC[C@H](Oc1ccc(F)cc1)C(=O)N[C@@H](C)c1ccc(S(C)(=O)=O)cc1.